The lowest BCUT2D eigenvalue weighted by Crippen LogP contribution is -2.98. The van der Waals surface area contributed by atoms with Crippen LogP contribution < -0.4 is 15.1 Å². The predicted octanol–water partition coefficient (Wildman–Crippen LogP) is 2.51. The number of sulfonamides is 1. The van der Waals surface area contributed by atoms with E-state index in [2.05, 4.69) is 10.0 Å². The number of fused-ring (bicyclic) bond motifs is 1. The summed E-state index contributed by atoms with van der Waals surface area (Å²) in [5.74, 6) is 0.884. The molecule has 0 bridgehead atoms. The molecule has 4 N–H and O–H groups in total. The van der Waals surface area contributed by atoms with Crippen molar-refractivity contribution in [2.75, 3.05) is 20.1 Å². The topological polar surface area (TPSA) is 106 Å². The number of halogens is 1. The summed E-state index contributed by atoms with van der Waals surface area (Å²) in [6.45, 7) is 1.50. The van der Waals surface area contributed by atoms with Gasteiger partial charge in [-0.1, -0.05) is 23.4 Å². The molecule has 4 atom stereocenters. The van der Waals surface area contributed by atoms with Crippen molar-refractivity contribution in [1.82, 2.24) is 10.0 Å². The molecule has 2 aromatic rings. The first kappa shape index (κ1) is 22.8. The van der Waals surface area contributed by atoms with Gasteiger partial charge in [0, 0.05) is 39.5 Å². The van der Waals surface area contributed by atoms with E-state index < -0.39 is 10.0 Å². The van der Waals surface area contributed by atoms with Crippen LogP contribution in [-0.4, -0.2) is 39.7 Å². The molecule has 1 saturated heterocycles. The molecule has 2 fully saturated rings. The van der Waals surface area contributed by atoms with E-state index in [9.17, 15) is 18.7 Å². The van der Waals surface area contributed by atoms with Gasteiger partial charge in [0.2, 0.25) is 10.0 Å². The second kappa shape index (κ2) is 9.27. The minimum Gasteiger partial charge on any atom is -0.629 e. The number of rotatable bonds is 6. The molecule has 168 valence electrons. The van der Waals surface area contributed by atoms with Crippen LogP contribution in [0.5, 0.6) is 5.75 Å². The van der Waals surface area contributed by atoms with Crippen LogP contribution in [0.1, 0.15) is 19.3 Å². The average Bonchev–Trinajstić information content (AvgIpc) is 2.78. The highest BCUT2D eigenvalue weighted by Crippen LogP contribution is 2.41. The summed E-state index contributed by atoms with van der Waals surface area (Å²) in [6.07, 6.45) is 3.24. The number of aromatic hydroxyl groups is 1. The third-order valence-corrected chi connectivity index (χ3v) is 9.00. The first-order valence-corrected chi connectivity index (χ1v) is 13.0. The zero-order valence-electron chi connectivity index (χ0n) is 17.1. The summed E-state index contributed by atoms with van der Waals surface area (Å²) in [7, 11) is -2.47. The summed E-state index contributed by atoms with van der Waals surface area (Å²) >= 11 is 7.22. The number of phenols is 1. The van der Waals surface area contributed by atoms with E-state index in [-0.39, 0.29) is 21.8 Å². The normalized spacial score (nSPS) is 24.7. The van der Waals surface area contributed by atoms with E-state index in [4.69, 9.17) is 11.6 Å². The highest BCUT2D eigenvalue weighted by molar-refractivity contribution is 8.00. The lowest BCUT2D eigenvalue weighted by molar-refractivity contribution is -0.751. The van der Waals surface area contributed by atoms with E-state index in [0.717, 1.165) is 25.8 Å². The fourth-order valence-electron chi connectivity index (χ4n) is 4.33. The van der Waals surface area contributed by atoms with Gasteiger partial charge >= 0.3 is 0 Å². The van der Waals surface area contributed by atoms with Gasteiger partial charge in [-0.25, -0.2) is 13.1 Å². The lowest BCUT2D eigenvalue weighted by atomic mass is 9.69. The Bertz CT molecular complexity index is 1040. The number of benzene rings is 2. The number of hydroxylamine groups is 1. The Kier molecular flexibility index (Phi) is 6.83. The minimum atomic E-state index is -3.88. The van der Waals surface area contributed by atoms with Crippen molar-refractivity contribution >= 4 is 39.1 Å². The van der Waals surface area contributed by atoms with E-state index in [1.165, 1.54) is 37.0 Å². The van der Waals surface area contributed by atoms with Crippen LogP contribution >= 0.6 is 23.4 Å². The highest BCUT2D eigenvalue weighted by Gasteiger charge is 2.40. The van der Waals surface area contributed by atoms with Crippen LogP contribution in [-0.2, 0) is 10.0 Å². The average molecular weight is 484 g/mol. The van der Waals surface area contributed by atoms with Gasteiger partial charge in [-0.05, 0) is 61.9 Å². The molecule has 10 heteroatoms. The van der Waals surface area contributed by atoms with Gasteiger partial charge in [-0.3, -0.25) is 0 Å². The Hall–Kier alpha value is -1.33. The first-order valence-electron chi connectivity index (χ1n) is 10.3. The van der Waals surface area contributed by atoms with Crippen molar-refractivity contribution in [3.63, 3.8) is 0 Å². The summed E-state index contributed by atoms with van der Waals surface area (Å²) in [5, 5.41) is 25.3. The maximum Gasteiger partial charge on any atom is 0.242 e. The van der Waals surface area contributed by atoms with Gasteiger partial charge in [0.25, 0.3) is 0 Å². The van der Waals surface area contributed by atoms with Gasteiger partial charge in [-0.2, -0.15) is 0 Å². The smallest absolute Gasteiger partial charge is 0.242 e. The summed E-state index contributed by atoms with van der Waals surface area (Å²) in [6, 6.07) is 9.09. The fourth-order valence-corrected chi connectivity index (χ4v) is 7.39. The Balaban J connectivity index is 1.67. The van der Waals surface area contributed by atoms with E-state index in [1.807, 2.05) is 0 Å². The number of hydrogen-bond donors (Lipinski definition) is 4. The van der Waals surface area contributed by atoms with Crippen molar-refractivity contribution in [2.24, 2.45) is 11.8 Å². The molecule has 0 spiro atoms. The molecule has 2 aliphatic rings. The molecule has 0 radical (unpaired) electrons. The maximum atomic E-state index is 13.5. The molecule has 1 aliphatic heterocycles. The van der Waals surface area contributed by atoms with E-state index in [0.29, 0.717) is 38.9 Å². The number of hydrogen-bond acceptors (Lipinski definition) is 6. The molecule has 0 amide bonds. The fraction of sp³-hybridized carbons (Fsp3) is 0.429. The Morgan fingerprint density at radius 2 is 2.03 bits per heavy atom. The second-order valence-electron chi connectivity index (χ2n) is 8.19. The largest absolute Gasteiger partial charge is 0.629 e. The molecule has 2 aromatic carbocycles. The lowest BCUT2D eigenvalue weighted by Gasteiger charge is -2.40. The second-order valence-corrected chi connectivity index (χ2v) is 11.4. The summed E-state index contributed by atoms with van der Waals surface area (Å²) in [4.78, 5) is 1.13. The predicted molar refractivity (Wildman–Crippen MR) is 121 cm³/mol. The van der Waals surface area contributed by atoms with Crippen molar-refractivity contribution in [3.05, 3.63) is 46.6 Å². The Morgan fingerprint density at radius 3 is 2.71 bits per heavy atom. The molecule has 4 rings (SSSR count). The van der Waals surface area contributed by atoms with E-state index in [1.54, 1.807) is 18.2 Å². The Labute approximate surface area is 191 Å². The molecule has 2 unspecified atom stereocenters. The van der Waals surface area contributed by atoms with Crippen molar-refractivity contribution in [3.8, 4) is 5.75 Å². The van der Waals surface area contributed by atoms with Gasteiger partial charge in [0.05, 0.1) is 7.05 Å². The van der Waals surface area contributed by atoms with Gasteiger partial charge < -0.3 is 20.7 Å². The quantitative estimate of drug-likeness (QED) is 0.470. The van der Waals surface area contributed by atoms with Crippen LogP contribution in [0.3, 0.4) is 0 Å². The third-order valence-electron chi connectivity index (χ3n) is 6.08. The molecule has 1 aliphatic carbocycles. The Morgan fingerprint density at radius 1 is 1.23 bits per heavy atom. The zero-order chi connectivity index (χ0) is 22.2. The number of nitrogens with one attached hydrogen (secondary N) is 3. The van der Waals surface area contributed by atoms with Crippen LogP contribution in [0.15, 0.2) is 51.1 Å². The molecule has 31 heavy (non-hydrogen) atoms. The van der Waals surface area contributed by atoms with Crippen LogP contribution in [0.4, 0.5) is 5.69 Å². The molecular formula is C21H26ClN3O4S2. The van der Waals surface area contributed by atoms with Crippen molar-refractivity contribution < 1.29 is 18.6 Å². The molecule has 7 nitrogen and oxygen atoms in total. The monoisotopic (exact) mass is 483 g/mol. The van der Waals surface area contributed by atoms with Crippen LogP contribution in [0.25, 0.3) is 0 Å². The SMILES string of the molecule is C[NH+]([O-])c1ccc(Sc2cc(O)cc(Cl)c2)c(S(=O)(=O)N[C@H]2CNCCC3CC[C@H]32)c1. The van der Waals surface area contributed by atoms with Crippen LogP contribution in [0.2, 0.25) is 5.02 Å². The van der Waals surface area contributed by atoms with Crippen molar-refractivity contribution in [2.45, 2.75) is 40.0 Å². The van der Waals surface area contributed by atoms with Crippen LogP contribution in [0, 0.1) is 17.0 Å². The molecular weight excluding hydrogens is 458 g/mol. The number of phenolic OH excluding ortho intramolecular Hbond substituents is 1. The molecule has 0 aromatic heterocycles. The summed E-state index contributed by atoms with van der Waals surface area (Å²) < 4.78 is 29.8. The highest BCUT2D eigenvalue weighted by atomic mass is 35.5. The van der Waals surface area contributed by atoms with E-state index >= 15 is 0 Å². The molecule has 1 heterocycles. The number of quaternary nitrogens is 1. The zero-order valence-corrected chi connectivity index (χ0v) is 19.5. The first-order chi connectivity index (χ1) is 14.7. The van der Waals surface area contributed by atoms with Gasteiger partial charge in [0.15, 0.2) is 0 Å². The summed E-state index contributed by atoms with van der Waals surface area (Å²) in [5.41, 5.74) is 0.333. The maximum absolute atomic E-state index is 13.5. The van der Waals surface area contributed by atoms with Crippen molar-refractivity contribution in [1.29, 1.82) is 0 Å². The minimum absolute atomic E-state index is 0.00144. The molecule has 1 saturated carbocycles. The third kappa shape index (κ3) is 5.19. The van der Waals surface area contributed by atoms with Gasteiger partial charge in [0.1, 0.15) is 16.3 Å². The standard InChI is InChI=1S/C21H26ClN3O4S2/c1-25(27)15-3-5-20(30-17-9-14(22)8-16(26)11-17)21(10-15)31(28,29)24-19-12-23-7-6-13-2-4-18(13)19/h3,5,8-11,13,18-19,23-26H,2,4,6-7,12H2,1H3/t13?,18-,19+/m1/s1. The van der Waals surface area contributed by atoms with Gasteiger partial charge in [-0.15, -0.1) is 0 Å².